The van der Waals surface area contributed by atoms with Gasteiger partial charge in [-0.25, -0.2) is 17.5 Å². The van der Waals surface area contributed by atoms with Crippen LogP contribution in [0.2, 0.25) is 0 Å². The van der Waals surface area contributed by atoms with E-state index < -0.39 is 10.0 Å². The van der Waals surface area contributed by atoms with Crippen molar-refractivity contribution >= 4 is 45.0 Å². The van der Waals surface area contributed by atoms with E-state index in [0.717, 1.165) is 16.8 Å². The van der Waals surface area contributed by atoms with E-state index in [0.29, 0.717) is 55.2 Å². The first-order valence-electron chi connectivity index (χ1n) is 15.0. The monoisotopic (exact) mass is 652 g/mol. The van der Waals surface area contributed by atoms with E-state index in [9.17, 15) is 22.8 Å². The predicted molar refractivity (Wildman–Crippen MR) is 176 cm³/mol. The zero-order valence-corrected chi connectivity index (χ0v) is 27.0. The third-order valence-corrected chi connectivity index (χ3v) is 8.67. The molecule has 0 aromatic heterocycles. The Hall–Kier alpha value is -4.62. The van der Waals surface area contributed by atoms with Crippen LogP contribution in [0.5, 0.6) is 11.5 Å². The summed E-state index contributed by atoms with van der Waals surface area (Å²) >= 11 is 0. The molecule has 3 aromatic rings. The van der Waals surface area contributed by atoms with Crippen molar-refractivity contribution in [3.8, 4) is 11.5 Å². The molecule has 0 aliphatic carbocycles. The topological polar surface area (TPSA) is 152 Å². The highest BCUT2D eigenvalue weighted by atomic mass is 32.2. The van der Waals surface area contributed by atoms with E-state index in [1.807, 2.05) is 31.2 Å². The maximum Gasteiger partial charge on any atom is 0.323 e. The molecule has 3 N–H and O–H groups in total. The number of amides is 3. The number of anilines is 3. The van der Waals surface area contributed by atoms with E-state index in [4.69, 9.17) is 9.47 Å². The van der Waals surface area contributed by atoms with Gasteiger partial charge in [0.1, 0.15) is 6.10 Å². The van der Waals surface area contributed by atoms with Crippen molar-refractivity contribution < 1.29 is 37.0 Å². The zero-order chi connectivity index (χ0) is 33.1. The molecule has 0 unspecified atom stereocenters. The second-order valence-electron chi connectivity index (χ2n) is 11.0. The number of methoxy groups -OCH3 is 1. The van der Waals surface area contributed by atoms with Crippen molar-refractivity contribution in [3.63, 3.8) is 0 Å². The van der Waals surface area contributed by atoms with Gasteiger partial charge in [0, 0.05) is 42.6 Å². The smallest absolute Gasteiger partial charge is 0.323 e. The van der Waals surface area contributed by atoms with E-state index in [1.165, 1.54) is 17.7 Å². The Labute approximate surface area is 269 Å². The molecule has 1 heterocycles. The van der Waals surface area contributed by atoms with Gasteiger partial charge in [0.05, 0.1) is 26.4 Å². The molecule has 0 bridgehead atoms. The fourth-order valence-electron chi connectivity index (χ4n) is 4.85. The highest BCUT2D eigenvalue weighted by molar-refractivity contribution is 7.88. The average Bonchev–Trinajstić information content (AvgIpc) is 3.02. The van der Waals surface area contributed by atoms with Crippen LogP contribution in [0.25, 0.3) is 0 Å². The van der Waals surface area contributed by atoms with Crippen molar-refractivity contribution in [1.82, 2.24) is 4.31 Å². The molecular weight excluding hydrogens is 612 g/mol. The van der Waals surface area contributed by atoms with Crippen LogP contribution >= 0.6 is 0 Å². The number of hydrogen-bond acceptors (Lipinski definition) is 8. The van der Waals surface area contributed by atoms with Crippen LogP contribution in [-0.4, -0.2) is 69.8 Å². The van der Waals surface area contributed by atoms with Crippen LogP contribution in [0.15, 0.2) is 66.7 Å². The summed E-state index contributed by atoms with van der Waals surface area (Å²) in [5, 5.41) is 8.48. The third-order valence-electron chi connectivity index (χ3n) is 7.37. The van der Waals surface area contributed by atoms with Crippen molar-refractivity contribution in [2.24, 2.45) is 0 Å². The molecule has 1 aliphatic heterocycles. The lowest BCUT2D eigenvalue weighted by Crippen LogP contribution is -2.41. The summed E-state index contributed by atoms with van der Waals surface area (Å²) < 4.78 is 42.0. The number of benzene rings is 3. The van der Waals surface area contributed by atoms with E-state index in [2.05, 4.69) is 20.7 Å². The minimum Gasteiger partial charge on any atom is -0.490 e. The summed E-state index contributed by atoms with van der Waals surface area (Å²) in [6.07, 6.45) is 2.76. The minimum absolute atomic E-state index is 0.0994. The number of sulfonamides is 1. The Morgan fingerprint density at radius 3 is 2.26 bits per heavy atom. The molecule has 0 radical (unpaired) electrons. The van der Waals surface area contributed by atoms with Crippen molar-refractivity contribution in [3.05, 3.63) is 77.9 Å². The van der Waals surface area contributed by atoms with E-state index >= 15 is 0 Å². The van der Waals surface area contributed by atoms with Gasteiger partial charge in [-0.2, -0.15) is 0 Å². The van der Waals surface area contributed by atoms with Gasteiger partial charge in [0.2, 0.25) is 15.9 Å². The molecule has 12 nitrogen and oxygen atoms in total. The first kappa shape index (κ1) is 34.3. The quantitative estimate of drug-likeness (QED) is 0.173. The molecule has 1 aliphatic rings. The molecule has 4 rings (SSSR count). The Balaban J connectivity index is 1.34. The van der Waals surface area contributed by atoms with E-state index in [-0.39, 0.29) is 43.5 Å². The molecule has 1 fully saturated rings. The van der Waals surface area contributed by atoms with Crippen LogP contribution in [0.4, 0.5) is 21.9 Å². The molecule has 246 valence electrons. The van der Waals surface area contributed by atoms with Gasteiger partial charge in [-0.3, -0.25) is 9.59 Å². The highest BCUT2D eigenvalue weighted by Crippen LogP contribution is 2.33. The van der Waals surface area contributed by atoms with Gasteiger partial charge in [-0.05, 0) is 67.6 Å². The highest BCUT2D eigenvalue weighted by Gasteiger charge is 2.26. The van der Waals surface area contributed by atoms with Gasteiger partial charge in [-0.1, -0.05) is 30.3 Å². The van der Waals surface area contributed by atoms with Crippen LogP contribution in [-0.2, 0) is 30.8 Å². The number of hydrogen-bond donors (Lipinski definition) is 3. The molecular formula is C33H40N4O8S. The number of para-hydroxylation sites is 1. The van der Waals surface area contributed by atoms with Gasteiger partial charge < -0.3 is 30.2 Å². The fraction of sp³-hybridized carbons (Fsp3) is 0.364. The Morgan fingerprint density at radius 1 is 0.891 bits per heavy atom. The first-order chi connectivity index (χ1) is 22.0. The molecule has 46 heavy (non-hydrogen) atoms. The lowest BCUT2D eigenvalue weighted by Gasteiger charge is -2.30. The summed E-state index contributed by atoms with van der Waals surface area (Å²) in [5.41, 5.74) is 3.51. The van der Waals surface area contributed by atoms with Crippen LogP contribution in [0.1, 0.15) is 36.8 Å². The SMILES string of the molecule is COC(=O)CCCOc1cc(NC(=O)Cc2ccc(NC(=O)Nc3ccccc3C)cc2)ccc1OC1CCN(S(C)(=O)=O)CC1. The Bertz CT molecular complexity index is 1620. The molecule has 3 aromatic carbocycles. The zero-order valence-electron chi connectivity index (χ0n) is 26.2. The summed E-state index contributed by atoms with van der Waals surface area (Å²) in [7, 11) is -1.93. The van der Waals surface area contributed by atoms with Crippen molar-refractivity contribution in [2.75, 3.05) is 49.0 Å². The van der Waals surface area contributed by atoms with Gasteiger partial charge in [0.25, 0.3) is 0 Å². The number of nitrogens with one attached hydrogen (secondary N) is 3. The van der Waals surface area contributed by atoms with Crippen molar-refractivity contribution in [2.45, 2.75) is 45.1 Å². The minimum atomic E-state index is -3.26. The molecule has 0 saturated carbocycles. The number of piperidine rings is 1. The molecule has 1 saturated heterocycles. The number of nitrogens with zero attached hydrogens (tertiary/aromatic N) is 1. The third kappa shape index (κ3) is 10.5. The number of aryl methyl sites for hydroxylation is 1. The fourth-order valence-corrected chi connectivity index (χ4v) is 5.73. The Kier molecular flexibility index (Phi) is 12.0. The number of ether oxygens (including phenoxy) is 3. The van der Waals surface area contributed by atoms with Gasteiger partial charge in [-0.15, -0.1) is 0 Å². The lowest BCUT2D eigenvalue weighted by atomic mass is 10.1. The number of rotatable bonds is 13. The lowest BCUT2D eigenvalue weighted by molar-refractivity contribution is -0.140. The van der Waals surface area contributed by atoms with Crippen LogP contribution in [0.3, 0.4) is 0 Å². The molecule has 0 spiro atoms. The second-order valence-corrected chi connectivity index (χ2v) is 13.0. The summed E-state index contributed by atoms with van der Waals surface area (Å²) in [4.78, 5) is 36.8. The van der Waals surface area contributed by atoms with Crippen LogP contribution < -0.4 is 25.4 Å². The average molecular weight is 653 g/mol. The maximum absolute atomic E-state index is 12.9. The van der Waals surface area contributed by atoms with Gasteiger partial charge >= 0.3 is 12.0 Å². The summed E-state index contributed by atoms with van der Waals surface area (Å²) in [6, 6.07) is 19.2. The second kappa shape index (κ2) is 16.1. The first-order valence-corrected chi connectivity index (χ1v) is 16.8. The predicted octanol–water partition coefficient (Wildman–Crippen LogP) is 4.96. The largest absolute Gasteiger partial charge is 0.490 e. The number of carbonyl (C=O) groups excluding carboxylic acids is 3. The Morgan fingerprint density at radius 2 is 1.59 bits per heavy atom. The summed E-state index contributed by atoms with van der Waals surface area (Å²) in [5.74, 6) is 0.264. The molecule has 3 amide bonds. The van der Waals surface area contributed by atoms with E-state index in [1.54, 1.807) is 42.5 Å². The standard InChI is InChI=1S/C33H40N4O8S/c1-23-7-4-5-8-28(23)36-33(40)35-25-12-10-24(11-13-25)21-31(38)34-26-14-15-29(30(22-26)44-20-6-9-32(39)43-2)45-27-16-18-37(19-17-27)46(3,41)42/h4-5,7-8,10-15,22,27H,6,9,16-21H2,1-3H3,(H,34,38)(H2,35,36,40). The summed E-state index contributed by atoms with van der Waals surface area (Å²) in [6.45, 7) is 2.86. The number of carbonyl (C=O) groups is 3. The number of urea groups is 1. The molecule has 13 heteroatoms. The van der Waals surface area contributed by atoms with Gasteiger partial charge in [0.15, 0.2) is 11.5 Å². The maximum atomic E-state index is 12.9. The normalized spacial score (nSPS) is 13.8. The van der Waals surface area contributed by atoms with Crippen LogP contribution in [0, 0.1) is 6.92 Å². The number of esters is 1. The van der Waals surface area contributed by atoms with Crippen molar-refractivity contribution in [1.29, 1.82) is 0 Å². The molecule has 0 atom stereocenters.